The number of nitrogens with one attached hydrogen (secondary N) is 1. The highest BCUT2D eigenvalue weighted by Gasteiger charge is 2.31. The molecule has 0 aliphatic carbocycles. The highest BCUT2D eigenvalue weighted by atomic mass is 127. The summed E-state index contributed by atoms with van der Waals surface area (Å²) in [6.07, 6.45) is 3.87. The first-order chi connectivity index (χ1) is 14.0. The van der Waals surface area contributed by atoms with Crippen LogP contribution in [0, 0.1) is 0 Å². The maximum atomic E-state index is 12.5. The first-order valence-electron chi connectivity index (χ1n) is 10.2. The number of carbonyl (C=O) groups is 2. The van der Waals surface area contributed by atoms with Crippen LogP contribution >= 0.6 is 24.0 Å². The Balaban J connectivity index is 0.00000320. The van der Waals surface area contributed by atoms with Gasteiger partial charge in [0.25, 0.3) is 5.91 Å². The van der Waals surface area contributed by atoms with E-state index in [0.29, 0.717) is 45.3 Å². The maximum absolute atomic E-state index is 12.5. The van der Waals surface area contributed by atoms with Crippen LogP contribution in [0.4, 0.5) is 0 Å². The van der Waals surface area contributed by atoms with E-state index in [1.165, 1.54) is 4.90 Å². The van der Waals surface area contributed by atoms with Crippen molar-refractivity contribution in [3.8, 4) is 0 Å². The number of guanidine groups is 1. The Hall–Kier alpha value is -1.82. The fraction of sp³-hybridized carbons (Fsp3) is 0.650. The van der Waals surface area contributed by atoms with Gasteiger partial charge in [-0.1, -0.05) is 0 Å². The van der Waals surface area contributed by atoms with Crippen LogP contribution in [0.1, 0.15) is 18.6 Å². The number of amides is 2. The number of furan rings is 1. The predicted octanol–water partition coefficient (Wildman–Crippen LogP) is 0.797. The second kappa shape index (κ2) is 12.1. The van der Waals surface area contributed by atoms with Crippen LogP contribution < -0.4 is 5.32 Å². The van der Waals surface area contributed by atoms with E-state index in [-0.39, 0.29) is 48.4 Å². The quantitative estimate of drug-likeness (QED) is 0.331. The molecule has 2 saturated heterocycles. The fourth-order valence-electron chi connectivity index (χ4n) is 3.42. The summed E-state index contributed by atoms with van der Waals surface area (Å²) < 4.78 is 10.9. The number of hydrogen-bond donors (Lipinski definition) is 1. The molecule has 1 atom stereocenters. The van der Waals surface area contributed by atoms with Gasteiger partial charge < -0.3 is 29.2 Å². The molecule has 0 aromatic carbocycles. The van der Waals surface area contributed by atoms with E-state index in [1.54, 1.807) is 20.4 Å². The number of rotatable bonds is 6. The van der Waals surface area contributed by atoms with Gasteiger partial charge in [-0.15, -0.1) is 24.0 Å². The van der Waals surface area contributed by atoms with Gasteiger partial charge in [0, 0.05) is 59.8 Å². The number of ether oxygens (including phenoxy) is 1. The van der Waals surface area contributed by atoms with Crippen LogP contribution in [-0.2, 0) is 20.7 Å². The number of likely N-dealkylation sites (N-methyl/N-ethyl adjacent to an activating group) is 1. The van der Waals surface area contributed by atoms with Gasteiger partial charge in [0.1, 0.15) is 18.4 Å². The van der Waals surface area contributed by atoms with E-state index in [4.69, 9.17) is 9.15 Å². The van der Waals surface area contributed by atoms with E-state index < -0.39 is 0 Å². The van der Waals surface area contributed by atoms with Gasteiger partial charge in [-0.05, 0) is 25.0 Å². The molecule has 2 aliphatic heterocycles. The average molecular weight is 533 g/mol. The Kier molecular flexibility index (Phi) is 9.89. The summed E-state index contributed by atoms with van der Waals surface area (Å²) in [6.45, 7) is 4.00. The molecule has 3 heterocycles. The fourth-order valence-corrected chi connectivity index (χ4v) is 3.42. The highest BCUT2D eigenvalue weighted by Crippen LogP contribution is 2.16. The standard InChI is InChI=1S/C20H31N5O4.HI/c1-23(2)18(26)15-22-20(21-8-7-16-5-3-13-28-16)25-11-9-24(10-12-25)19(27)17-6-4-14-29-17;/h3,5,13,17H,4,6-12,14-15H2,1-2H3,(H,21,22);1H. The van der Waals surface area contributed by atoms with E-state index in [2.05, 4.69) is 15.2 Å². The molecule has 0 radical (unpaired) electrons. The van der Waals surface area contributed by atoms with Crippen molar-refractivity contribution in [2.75, 3.05) is 60.0 Å². The second-order valence-corrected chi connectivity index (χ2v) is 7.50. The zero-order valence-electron chi connectivity index (χ0n) is 17.7. The van der Waals surface area contributed by atoms with Crippen molar-refractivity contribution >= 4 is 41.8 Å². The van der Waals surface area contributed by atoms with Crippen LogP contribution in [0.15, 0.2) is 27.8 Å². The van der Waals surface area contributed by atoms with Crippen molar-refractivity contribution in [2.24, 2.45) is 4.99 Å². The zero-order chi connectivity index (χ0) is 20.6. The van der Waals surface area contributed by atoms with Gasteiger partial charge in [0.05, 0.1) is 6.26 Å². The van der Waals surface area contributed by atoms with Crippen molar-refractivity contribution < 1.29 is 18.7 Å². The lowest BCUT2D eigenvalue weighted by molar-refractivity contribution is -0.142. The van der Waals surface area contributed by atoms with Crippen LogP contribution in [0.3, 0.4) is 0 Å². The Morgan fingerprint density at radius 2 is 1.97 bits per heavy atom. The number of piperazine rings is 1. The minimum atomic E-state index is -0.279. The van der Waals surface area contributed by atoms with E-state index in [1.807, 2.05) is 17.0 Å². The predicted molar refractivity (Wildman–Crippen MR) is 124 cm³/mol. The monoisotopic (exact) mass is 533 g/mol. The van der Waals surface area contributed by atoms with Gasteiger partial charge in [0.2, 0.25) is 5.91 Å². The summed E-state index contributed by atoms with van der Waals surface area (Å²) in [7, 11) is 3.44. The molecule has 2 fully saturated rings. The summed E-state index contributed by atoms with van der Waals surface area (Å²) in [5, 5.41) is 3.34. The zero-order valence-corrected chi connectivity index (χ0v) is 20.0. The van der Waals surface area contributed by atoms with Crippen molar-refractivity contribution in [1.82, 2.24) is 20.0 Å². The molecule has 168 valence electrons. The first kappa shape index (κ1) is 24.4. The molecule has 30 heavy (non-hydrogen) atoms. The molecule has 2 amide bonds. The third kappa shape index (κ3) is 6.86. The highest BCUT2D eigenvalue weighted by molar-refractivity contribution is 14.0. The number of halogens is 1. The van der Waals surface area contributed by atoms with Gasteiger partial charge >= 0.3 is 0 Å². The van der Waals surface area contributed by atoms with E-state index >= 15 is 0 Å². The number of carbonyl (C=O) groups excluding carboxylic acids is 2. The van der Waals surface area contributed by atoms with Crippen LogP contribution in [-0.4, -0.2) is 98.5 Å². The van der Waals surface area contributed by atoms with Crippen LogP contribution in [0.5, 0.6) is 0 Å². The Morgan fingerprint density at radius 1 is 1.23 bits per heavy atom. The molecule has 0 spiro atoms. The molecule has 1 aromatic heterocycles. The Labute approximate surface area is 194 Å². The topological polar surface area (TPSA) is 90.6 Å². The lowest BCUT2D eigenvalue weighted by Gasteiger charge is -2.37. The molecule has 1 aromatic rings. The normalized spacial score (nSPS) is 19.4. The molecule has 0 bridgehead atoms. The van der Waals surface area contributed by atoms with Crippen molar-refractivity contribution in [3.63, 3.8) is 0 Å². The molecule has 1 N–H and O–H groups in total. The second-order valence-electron chi connectivity index (χ2n) is 7.50. The average Bonchev–Trinajstić information content (AvgIpc) is 3.44. The molecule has 0 saturated carbocycles. The molecule has 9 nitrogen and oxygen atoms in total. The van der Waals surface area contributed by atoms with E-state index in [9.17, 15) is 9.59 Å². The minimum Gasteiger partial charge on any atom is -0.469 e. The lowest BCUT2D eigenvalue weighted by atomic mass is 10.2. The summed E-state index contributed by atoms with van der Waals surface area (Å²) in [5.74, 6) is 1.63. The summed E-state index contributed by atoms with van der Waals surface area (Å²) in [5.41, 5.74) is 0. The molecular formula is C20H32IN5O4. The third-order valence-electron chi connectivity index (χ3n) is 5.19. The van der Waals surface area contributed by atoms with E-state index in [0.717, 1.165) is 25.0 Å². The lowest BCUT2D eigenvalue weighted by Crippen LogP contribution is -2.55. The summed E-state index contributed by atoms with van der Waals surface area (Å²) >= 11 is 0. The Morgan fingerprint density at radius 3 is 2.57 bits per heavy atom. The molecule has 1 unspecified atom stereocenters. The third-order valence-corrected chi connectivity index (χ3v) is 5.19. The number of hydrogen-bond acceptors (Lipinski definition) is 5. The van der Waals surface area contributed by atoms with Gasteiger partial charge in [0.15, 0.2) is 5.96 Å². The van der Waals surface area contributed by atoms with Gasteiger partial charge in [-0.25, -0.2) is 4.99 Å². The first-order valence-corrected chi connectivity index (χ1v) is 10.2. The molecular weight excluding hydrogens is 501 g/mol. The van der Waals surface area contributed by atoms with Crippen molar-refractivity contribution in [2.45, 2.75) is 25.4 Å². The smallest absolute Gasteiger partial charge is 0.251 e. The largest absolute Gasteiger partial charge is 0.469 e. The van der Waals surface area contributed by atoms with Crippen LogP contribution in [0.25, 0.3) is 0 Å². The van der Waals surface area contributed by atoms with Gasteiger partial charge in [-0.2, -0.15) is 0 Å². The summed E-state index contributed by atoms with van der Waals surface area (Å²) in [4.78, 5) is 34.5. The van der Waals surface area contributed by atoms with Gasteiger partial charge in [-0.3, -0.25) is 9.59 Å². The number of nitrogens with zero attached hydrogens (tertiary/aromatic N) is 4. The molecule has 3 rings (SSSR count). The maximum Gasteiger partial charge on any atom is 0.251 e. The summed E-state index contributed by atoms with van der Waals surface area (Å²) in [6, 6.07) is 3.80. The SMILES string of the molecule is CN(C)C(=O)CN=C(NCCc1ccco1)N1CCN(C(=O)C2CCCO2)CC1.I. The minimum absolute atomic E-state index is 0. The van der Waals surface area contributed by atoms with Crippen molar-refractivity contribution in [3.05, 3.63) is 24.2 Å². The molecule has 2 aliphatic rings. The Bertz CT molecular complexity index is 696. The van der Waals surface area contributed by atoms with Crippen molar-refractivity contribution in [1.29, 1.82) is 0 Å². The molecule has 10 heteroatoms. The number of aliphatic imine (C=N–C) groups is 1. The van der Waals surface area contributed by atoms with Crippen LogP contribution in [0.2, 0.25) is 0 Å².